The monoisotopic (exact) mass is 386 g/mol. The molecule has 7 nitrogen and oxygen atoms in total. The third-order valence-electron chi connectivity index (χ3n) is 3.96. The van der Waals surface area contributed by atoms with Crippen molar-refractivity contribution in [3.8, 4) is 0 Å². The third-order valence-corrected chi connectivity index (χ3v) is 5.37. The Kier molecular flexibility index (Phi) is 6.53. The molecule has 2 heterocycles. The molecule has 1 fully saturated rings. The topological polar surface area (TPSA) is 110 Å². The van der Waals surface area contributed by atoms with E-state index in [9.17, 15) is 24.6 Å². The van der Waals surface area contributed by atoms with E-state index < -0.39 is 29.3 Å². The fourth-order valence-corrected chi connectivity index (χ4v) is 4.50. The maximum absolute atomic E-state index is 12.1. The molecule has 1 aromatic rings. The number of aliphatic carboxylic acids is 1. The van der Waals surface area contributed by atoms with Gasteiger partial charge in [-0.15, -0.1) is 0 Å². The smallest absolute Gasteiger partial charge is 0.543 e. The Bertz CT molecular complexity index is 762. The Labute approximate surface area is 191 Å². The van der Waals surface area contributed by atoms with Crippen LogP contribution >= 0.6 is 11.8 Å². The van der Waals surface area contributed by atoms with Gasteiger partial charge in [0.05, 0.1) is 23.7 Å². The van der Waals surface area contributed by atoms with Crippen molar-refractivity contribution in [3.05, 3.63) is 35.5 Å². The van der Waals surface area contributed by atoms with Crippen LogP contribution in [0.5, 0.6) is 0 Å². The van der Waals surface area contributed by atoms with Crippen LogP contribution in [0.1, 0.15) is 19.4 Å². The summed E-state index contributed by atoms with van der Waals surface area (Å²) >= 11 is 1.23. The van der Waals surface area contributed by atoms with Gasteiger partial charge in [-0.2, -0.15) is 0 Å². The fourth-order valence-electron chi connectivity index (χ4n) is 2.88. The number of benzene rings is 1. The largest absolute Gasteiger partial charge is 1.00 e. The van der Waals surface area contributed by atoms with Crippen LogP contribution < -0.4 is 61.8 Å². The van der Waals surface area contributed by atoms with Crippen LogP contribution in [-0.2, 0) is 14.4 Å². The van der Waals surface area contributed by atoms with Gasteiger partial charge in [0, 0.05) is 17.5 Å². The zero-order valence-electron chi connectivity index (χ0n) is 14.0. The predicted octanol–water partition coefficient (Wildman–Crippen LogP) is -3.02. The number of carbonyl (C=O) groups excluding carboxylic acids is 3. The van der Waals surface area contributed by atoms with Gasteiger partial charge in [0.15, 0.2) is 0 Å². The summed E-state index contributed by atoms with van der Waals surface area (Å²) in [6.07, 6.45) is -0.851. The number of aliphatic hydroxyl groups is 1. The Morgan fingerprint density at radius 3 is 2.40 bits per heavy atom. The van der Waals surface area contributed by atoms with Crippen LogP contribution in [0.3, 0.4) is 0 Å². The SMILES string of the molecule is CC(=O)Nc1ccc(C2=C(C(=O)[O-])N3C(=O)[C@H]([C@@H](C)O)[C@H]3S2)cc1.[K+]. The van der Waals surface area contributed by atoms with Crippen molar-refractivity contribution in [1.29, 1.82) is 0 Å². The second-order valence-corrected chi connectivity index (χ2v) is 6.83. The van der Waals surface area contributed by atoms with Gasteiger partial charge < -0.3 is 20.3 Å². The van der Waals surface area contributed by atoms with Crippen molar-refractivity contribution in [2.24, 2.45) is 5.92 Å². The standard InChI is InChI=1S/C16H16N2O5S.K/c1-7(19)11-14(21)18-12(16(22)23)13(24-15(11)18)9-3-5-10(6-4-9)17-8(2)20;/h3-7,11,15,19H,1-2H3,(H,17,20)(H,22,23);/q;+1/p-1/t7-,11+,15-;/m1./s1. The molecule has 2 N–H and O–H groups in total. The van der Waals surface area contributed by atoms with Gasteiger partial charge in [0.25, 0.3) is 0 Å². The number of hydrogen-bond donors (Lipinski definition) is 2. The number of nitrogens with one attached hydrogen (secondary N) is 1. The molecule has 0 radical (unpaired) electrons. The molecule has 0 aliphatic carbocycles. The van der Waals surface area contributed by atoms with E-state index in [1.165, 1.54) is 30.5 Å². The van der Waals surface area contributed by atoms with Gasteiger partial charge >= 0.3 is 51.4 Å². The Morgan fingerprint density at radius 1 is 1.32 bits per heavy atom. The number of aliphatic hydroxyl groups excluding tert-OH is 1. The third kappa shape index (κ3) is 3.73. The zero-order chi connectivity index (χ0) is 17.6. The van der Waals surface area contributed by atoms with Gasteiger partial charge in [-0.1, -0.05) is 23.9 Å². The summed E-state index contributed by atoms with van der Waals surface area (Å²) in [6, 6.07) is 6.65. The molecule has 3 atom stereocenters. The number of rotatable bonds is 4. The van der Waals surface area contributed by atoms with E-state index in [1.807, 2.05) is 0 Å². The number of nitrogens with zero attached hydrogens (tertiary/aromatic N) is 1. The Balaban J connectivity index is 0.00000225. The summed E-state index contributed by atoms with van der Waals surface area (Å²) in [4.78, 5) is 36.3. The van der Waals surface area contributed by atoms with Crippen LogP contribution in [0.15, 0.2) is 30.0 Å². The summed E-state index contributed by atoms with van der Waals surface area (Å²) in [6.45, 7) is 2.91. The molecule has 2 aliphatic heterocycles. The molecular weight excluding hydrogens is 371 g/mol. The van der Waals surface area contributed by atoms with E-state index in [-0.39, 0.29) is 63.0 Å². The quantitative estimate of drug-likeness (QED) is 0.421. The number of carbonyl (C=O) groups is 3. The number of hydrogen-bond acceptors (Lipinski definition) is 6. The first-order valence-electron chi connectivity index (χ1n) is 7.32. The zero-order valence-corrected chi connectivity index (χ0v) is 17.9. The molecule has 9 heteroatoms. The molecule has 0 bridgehead atoms. The molecule has 1 aromatic carbocycles. The van der Waals surface area contributed by atoms with Crippen LogP contribution in [-0.4, -0.2) is 39.3 Å². The number of thioether (sulfide) groups is 1. The van der Waals surface area contributed by atoms with Gasteiger partial charge in [-0.25, -0.2) is 0 Å². The second-order valence-electron chi connectivity index (χ2n) is 5.71. The Morgan fingerprint density at radius 2 is 1.92 bits per heavy atom. The van der Waals surface area contributed by atoms with Crippen LogP contribution in [0.2, 0.25) is 0 Å². The van der Waals surface area contributed by atoms with E-state index in [0.29, 0.717) is 16.2 Å². The average Bonchev–Trinajstić information content (AvgIpc) is 2.82. The van der Waals surface area contributed by atoms with E-state index in [0.717, 1.165) is 0 Å². The van der Waals surface area contributed by atoms with Gasteiger partial charge in [-0.3, -0.25) is 14.5 Å². The molecule has 3 rings (SSSR count). The van der Waals surface area contributed by atoms with Crippen LogP contribution in [0.4, 0.5) is 5.69 Å². The van der Waals surface area contributed by atoms with Crippen molar-refractivity contribution in [3.63, 3.8) is 0 Å². The van der Waals surface area contributed by atoms with Crippen LogP contribution in [0, 0.1) is 5.92 Å². The van der Waals surface area contributed by atoms with Gasteiger partial charge in [-0.05, 0) is 24.6 Å². The summed E-state index contributed by atoms with van der Waals surface area (Å²) in [5.74, 6) is -2.67. The first-order chi connectivity index (χ1) is 11.3. The van der Waals surface area contributed by atoms with E-state index in [1.54, 1.807) is 24.3 Å². The van der Waals surface area contributed by atoms with Gasteiger partial charge in [0.1, 0.15) is 5.37 Å². The molecule has 2 aliphatic rings. The number of anilines is 1. The molecule has 0 saturated carbocycles. The van der Waals surface area contributed by atoms with Crippen LogP contribution in [0.25, 0.3) is 4.91 Å². The summed E-state index contributed by atoms with van der Waals surface area (Å²) in [5, 5.41) is 23.4. The Hall–Kier alpha value is -0.684. The first kappa shape index (κ1) is 20.6. The second kappa shape index (κ2) is 7.91. The average molecular weight is 386 g/mol. The van der Waals surface area contributed by atoms with Crippen molar-refractivity contribution < 1.29 is 76.0 Å². The minimum absolute atomic E-state index is 0. The number of carboxylic acids is 1. The van der Waals surface area contributed by atoms with Crippen molar-refractivity contribution in [2.45, 2.75) is 25.3 Å². The maximum atomic E-state index is 12.1. The molecule has 2 amide bonds. The predicted molar refractivity (Wildman–Crippen MR) is 86.1 cm³/mol. The number of carboxylic acid groups (broad SMARTS) is 1. The van der Waals surface area contributed by atoms with Crippen molar-refractivity contribution >= 4 is 40.1 Å². The number of β-lactam (4-membered cyclic amide) rings is 1. The molecular formula is C16H15KN2O5S. The first-order valence-corrected chi connectivity index (χ1v) is 8.20. The number of fused-ring (bicyclic) bond motifs is 1. The molecule has 1 saturated heterocycles. The summed E-state index contributed by atoms with van der Waals surface area (Å²) in [5.41, 5.74) is 1.03. The minimum atomic E-state index is -1.43. The molecule has 0 spiro atoms. The minimum Gasteiger partial charge on any atom is -0.543 e. The molecule has 126 valence electrons. The molecule has 0 unspecified atom stereocenters. The molecule has 0 aromatic heterocycles. The van der Waals surface area contributed by atoms with Crippen molar-refractivity contribution in [1.82, 2.24) is 4.90 Å². The van der Waals surface area contributed by atoms with E-state index in [2.05, 4.69) is 5.32 Å². The number of amides is 2. The summed E-state index contributed by atoms with van der Waals surface area (Å²) < 4.78 is 0. The van der Waals surface area contributed by atoms with E-state index >= 15 is 0 Å². The van der Waals surface area contributed by atoms with E-state index in [4.69, 9.17) is 0 Å². The normalized spacial score (nSPS) is 22.7. The summed E-state index contributed by atoms with van der Waals surface area (Å²) in [7, 11) is 0. The maximum Gasteiger partial charge on any atom is 1.00 e. The molecule has 25 heavy (non-hydrogen) atoms. The fraction of sp³-hybridized carbons (Fsp3) is 0.312. The van der Waals surface area contributed by atoms with Crippen molar-refractivity contribution in [2.75, 3.05) is 5.32 Å². The van der Waals surface area contributed by atoms with Gasteiger partial charge in [0.2, 0.25) is 11.8 Å².